The Kier molecular flexibility index (Phi) is 7.05. The third-order valence-electron chi connectivity index (χ3n) is 3.62. The highest BCUT2D eigenvalue weighted by Gasteiger charge is 2.28. The Balaban J connectivity index is 2.59. The van der Waals surface area contributed by atoms with Gasteiger partial charge in [-0.15, -0.1) is 0 Å². The van der Waals surface area contributed by atoms with E-state index in [0.29, 0.717) is 0 Å². The number of halogens is 2. The molecule has 28 heavy (non-hydrogen) atoms. The van der Waals surface area contributed by atoms with Crippen molar-refractivity contribution in [1.29, 1.82) is 0 Å². The predicted octanol–water partition coefficient (Wildman–Crippen LogP) is 1.69. The van der Waals surface area contributed by atoms with E-state index in [1.54, 1.807) is 0 Å². The first-order valence-corrected chi connectivity index (χ1v) is 9.33. The number of nitrogens with one attached hydrogen (secondary N) is 1. The number of sulfonamides is 1. The van der Waals surface area contributed by atoms with E-state index < -0.39 is 21.9 Å². The lowest BCUT2D eigenvalue weighted by atomic mass is 10.0. The van der Waals surface area contributed by atoms with Gasteiger partial charge in [-0.3, -0.25) is 4.72 Å². The first-order chi connectivity index (χ1) is 13.2. The maximum Gasteiger partial charge on any atom is 0.355 e. The van der Waals surface area contributed by atoms with Crippen molar-refractivity contribution in [2.45, 2.75) is 18.5 Å². The minimum atomic E-state index is -5.00. The van der Waals surface area contributed by atoms with Crippen LogP contribution in [0.5, 0.6) is 11.8 Å². The van der Waals surface area contributed by atoms with Gasteiger partial charge in [0, 0.05) is 18.2 Å². The Morgan fingerprint density at radius 3 is 2.25 bits per heavy atom. The zero-order valence-corrected chi connectivity index (χ0v) is 16.0. The van der Waals surface area contributed by atoms with Crippen molar-refractivity contribution in [2.75, 3.05) is 26.1 Å². The summed E-state index contributed by atoms with van der Waals surface area (Å²) in [7, 11) is -0.951. The first kappa shape index (κ1) is 21.7. The molecular formula is C16H19F2N3O6S. The largest absolute Gasteiger partial charge is 0.481 e. The molecule has 0 saturated carbocycles. The fourth-order valence-electron chi connectivity index (χ4n) is 2.33. The number of benzene rings is 1. The van der Waals surface area contributed by atoms with Gasteiger partial charge in [-0.25, -0.2) is 8.42 Å². The van der Waals surface area contributed by atoms with Crippen molar-refractivity contribution in [3.63, 3.8) is 0 Å². The summed E-state index contributed by atoms with van der Waals surface area (Å²) in [6.45, 7) is -0.0933. The van der Waals surface area contributed by atoms with Gasteiger partial charge >= 0.3 is 5.76 Å². The molecule has 0 radical (unpaired) electrons. The van der Waals surface area contributed by atoms with Gasteiger partial charge in [0.1, 0.15) is 6.10 Å². The normalized spacial score (nSPS) is 12.7. The standard InChI is InChI=1S/C16H19F2N3O6S/c1-25-8-9-5-4-6-10(13(9)21-28(23,24)16(17)18)14(22)15-19-11(26-2)7-12(20-15)27-3/h4-7,14,16,21-22H,8H2,1-3H3/t14-/m1/s1. The monoisotopic (exact) mass is 419 g/mol. The summed E-state index contributed by atoms with van der Waals surface area (Å²) >= 11 is 0. The van der Waals surface area contributed by atoms with Gasteiger partial charge in [0.15, 0.2) is 5.82 Å². The summed E-state index contributed by atoms with van der Waals surface area (Å²) in [6, 6.07) is 5.70. The summed E-state index contributed by atoms with van der Waals surface area (Å²) in [5.74, 6) is -3.67. The van der Waals surface area contributed by atoms with E-state index >= 15 is 0 Å². The van der Waals surface area contributed by atoms with Crippen LogP contribution in [0.2, 0.25) is 0 Å². The van der Waals surface area contributed by atoms with Crippen molar-refractivity contribution in [3.8, 4) is 11.8 Å². The number of alkyl halides is 2. The number of ether oxygens (including phenoxy) is 3. The van der Waals surface area contributed by atoms with Crippen LogP contribution in [0.1, 0.15) is 23.1 Å². The Bertz CT molecular complexity index is 904. The summed E-state index contributed by atoms with van der Waals surface area (Å²) < 4.78 is 66.0. The molecule has 1 aromatic carbocycles. The Morgan fingerprint density at radius 2 is 1.75 bits per heavy atom. The highest BCUT2D eigenvalue weighted by Crippen LogP contribution is 2.33. The molecule has 2 rings (SSSR count). The van der Waals surface area contributed by atoms with E-state index in [0.717, 1.165) is 0 Å². The molecule has 1 heterocycles. The lowest BCUT2D eigenvalue weighted by Gasteiger charge is -2.19. The van der Waals surface area contributed by atoms with E-state index in [1.807, 2.05) is 4.72 Å². The quantitative estimate of drug-likeness (QED) is 0.630. The molecule has 2 aromatic rings. The number of rotatable bonds is 9. The second kappa shape index (κ2) is 9.08. The maximum absolute atomic E-state index is 12.9. The van der Waals surface area contributed by atoms with Crippen LogP contribution in [0.4, 0.5) is 14.5 Å². The summed E-state index contributed by atoms with van der Waals surface area (Å²) in [6.07, 6.45) is -1.57. The zero-order chi connectivity index (χ0) is 20.9. The lowest BCUT2D eigenvalue weighted by molar-refractivity contribution is 0.184. The van der Waals surface area contributed by atoms with Gasteiger partial charge < -0.3 is 19.3 Å². The topological polar surface area (TPSA) is 120 Å². The predicted molar refractivity (Wildman–Crippen MR) is 94.9 cm³/mol. The van der Waals surface area contributed by atoms with E-state index in [1.165, 1.54) is 45.6 Å². The molecule has 12 heteroatoms. The van der Waals surface area contributed by atoms with Crippen LogP contribution in [-0.2, 0) is 21.4 Å². The molecule has 0 unspecified atom stereocenters. The molecule has 0 aliphatic carbocycles. The van der Waals surface area contributed by atoms with Gasteiger partial charge in [-0.1, -0.05) is 18.2 Å². The molecule has 1 aromatic heterocycles. The summed E-state index contributed by atoms with van der Waals surface area (Å²) in [4.78, 5) is 8.01. The molecule has 0 fully saturated rings. The van der Waals surface area contributed by atoms with Gasteiger partial charge in [0.05, 0.1) is 32.6 Å². The fourth-order valence-corrected chi connectivity index (χ4v) is 2.95. The minimum absolute atomic E-state index is 0.0471. The number of hydrogen-bond donors (Lipinski definition) is 2. The van der Waals surface area contributed by atoms with Gasteiger partial charge in [0.2, 0.25) is 11.8 Å². The van der Waals surface area contributed by atoms with Crippen molar-refractivity contribution in [1.82, 2.24) is 9.97 Å². The number of aromatic nitrogens is 2. The van der Waals surface area contributed by atoms with Gasteiger partial charge in [-0.2, -0.15) is 18.7 Å². The zero-order valence-electron chi connectivity index (χ0n) is 15.2. The average molecular weight is 419 g/mol. The molecule has 1 atom stereocenters. The maximum atomic E-state index is 12.9. The molecule has 0 bridgehead atoms. The SMILES string of the molecule is COCc1cccc([C@@H](O)c2nc(OC)cc(OC)n2)c1NS(=O)(=O)C(F)F. The lowest BCUT2D eigenvalue weighted by Crippen LogP contribution is -2.23. The average Bonchev–Trinajstić information content (AvgIpc) is 2.68. The molecular weight excluding hydrogens is 400 g/mol. The second-order valence-corrected chi connectivity index (χ2v) is 7.09. The number of aliphatic hydroxyl groups is 1. The molecule has 0 aliphatic heterocycles. The van der Waals surface area contributed by atoms with Crippen LogP contribution in [-0.4, -0.2) is 50.6 Å². The number of aliphatic hydroxyl groups excluding tert-OH is 1. The van der Waals surface area contributed by atoms with Crippen LogP contribution >= 0.6 is 0 Å². The number of anilines is 1. The number of nitrogens with zero attached hydrogens (tertiary/aromatic N) is 2. The molecule has 0 saturated heterocycles. The number of para-hydroxylation sites is 1. The van der Waals surface area contributed by atoms with Crippen molar-refractivity contribution in [3.05, 3.63) is 41.2 Å². The highest BCUT2D eigenvalue weighted by atomic mass is 32.2. The van der Waals surface area contributed by atoms with Crippen molar-refractivity contribution >= 4 is 15.7 Å². The van der Waals surface area contributed by atoms with Crippen molar-refractivity contribution in [2.24, 2.45) is 0 Å². The Morgan fingerprint density at radius 1 is 1.14 bits per heavy atom. The molecule has 2 N–H and O–H groups in total. The minimum Gasteiger partial charge on any atom is -0.481 e. The Labute approximate surface area is 160 Å². The van der Waals surface area contributed by atoms with E-state index in [2.05, 4.69) is 9.97 Å². The van der Waals surface area contributed by atoms with Gasteiger partial charge in [-0.05, 0) is 0 Å². The molecule has 0 amide bonds. The Hall–Kier alpha value is -2.57. The van der Waals surface area contributed by atoms with Crippen LogP contribution in [0.15, 0.2) is 24.3 Å². The summed E-state index contributed by atoms with van der Waals surface area (Å²) in [5.41, 5.74) is -0.0604. The van der Waals surface area contributed by atoms with Crippen LogP contribution in [0.25, 0.3) is 0 Å². The smallest absolute Gasteiger partial charge is 0.355 e. The third-order valence-corrected chi connectivity index (χ3v) is 4.57. The highest BCUT2D eigenvalue weighted by molar-refractivity contribution is 7.93. The number of hydrogen-bond acceptors (Lipinski definition) is 8. The number of methoxy groups -OCH3 is 3. The molecule has 0 aliphatic rings. The van der Waals surface area contributed by atoms with E-state index in [-0.39, 0.29) is 41.0 Å². The van der Waals surface area contributed by atoms with E-state index in [9.17, 15) is 22.3 Å². The van der Waals surface area contributed by atoms with Crippen molar-refractivity contribution < 1.29 is 36.5 Å². The van der Waals surface area contributed by atoms with E-state index in [4.69, 9.17) is 14.2 Å². The first-order valence-electron chi connectivity index (χ1n) is 7.79. The second-order valence-electron chi connectivity index (χ2n) is 5.44. The molecule has 154 valence electrons. The van der Waals surface area contributed by atoms with Crippen LogP contribution < -0.4 is 14.2 Å². The molecule has 9 nitrogen and oxygen atoms in total. The van der Waals surface area contributed by atoms with Gasteiger partial charge in [0.25, 0.3) is 10.0 Å². The fraction of sp³-hybridized carbons (Fsp3) is 0.375. The molecule has 0 spiro atoms. The third kappa shape index (κ3) is 4.82. The summed E-state index contributed by atoms with van der Waals surface area (Å²) in [5, 5.41) is 10.7. The van der Waals surface area contributed by atoms with Crippen LogP contribution in [0.3, 0.4) is 0 Å². The van der Waals surface area contributed by atoms with Crippen LogP contribution in [0, 0.1) is 0 Å².